The fourth-order valence-electron chi connectivity index (χ4n) is 2.43. The van der Waals surface area contributed by atoms with Crippen LogP contribution in [0, 0.1) is 5.92 Å². The highest BCUT2D eigenvalue weighted by molar-refractivity contribution is 9.10. The Bertz CT molecular complexity index is 391. The molecule has 1 atom stereocenters. The third-order valence-electron chi connectivity index (χ3n) is 3.36. The Hall–Kier alpha value is -0.250. The van der Waals surface area contributed by atoms with Crippen LogP contribution in [-0.2, 0) is 0 Å². The summed E-state index contributed by atoms with van der Waals surface area (Å²) in [4.78, 5) is 0. The van der Waals surface area contributed by atoms with Crippen LogP contribution < -0.4 is 5.73 Å². The van der Waals surface area contributed by atoms with Crippen LogP contribution in [0.15, 0.2) is 16.6 Å². The van der Waals surface area contributed by atoms with Gasteiger partial charge in [-0.3, -0.25) is 0 Å². The predicted octanol–water partition coefficient (Wildman–Crippen LogP) is 4.00. The van der Waals surface area contributed by atoms with E-state index in [0.717, 1.165) is 22.9 Å². The van der Waals surface area contributed by atoms with Crippen LogP contribution in [0.3, 0.4) is 0 Å². The number of hydrogen-bond acceptors (Lipinski definition) is 2. The third kappa shape index (κ3) is 2.22. The molecule has 0 unspecified atom stereocenters. The molecule has 1 aliphatic carbocycles. The first-order valence-corrected chi connectivity index (χ1v) is 6.71. The Labute approximate surface area is 109 Å². The van der Waals surface area contributed by atoms with Gasteiger partial charge in [0.15, 0.2) is 0 Å². The lowest BCUT2D eigenvalue weighted by atomic mass is 9.92. The highest BCUT2D eigenvalue weighted by Crippen LogP contribution is 2.42. The largest absolute Gasteiger partial charge is 0.506 e. The van der Waals surface area contributed by atoms with Gasteiger partial charge in [-0.1, -0.05) is 40.4 Å². The van der Waals surface area contributed by atoms with Gasteiger partial charge in [0, 0.05) is 16.1 Å². The minimum Gasteiger partial charge on any atom is -0.506 e. The average Bonchev–Trinajstić information content (AvgIpc) is 2.77. The van der Waals surface area contributed by atoms with Crippen molar-refractivity contribution in [3.8, 4) is 5.75 Å². The van der Waals surface area contributed by atoms with E-state index in [9.17, 15) is 5.11 Å². The van der Waals surface area contributed by atoms with Crippen LogP contribution in [0.25, 0.3) is 0 Å². The highest BCUT2D eigenvalue weighted by atomic mass is 79.9. The van der Waals surface area contributed by atoms with E-state index in [1.165, 1.54) is 12.8 Å². The van der Waals surface area contributed by atoms with Crippen LogP contribution in [0.5, 0.6) is 5.75 Å². The van der Waals surface area contributed by atoms with E-state index in [-0.39, 0.29) is 11.8 Å². The van der Waals surface area contributed by atoms with Gasteiger partial charge in [-0.2, -0.15) is 0 Å². The maximum absolute atomic E-state index is 9.97. The molecule has 0 bridgehead atoms. The smallest absolute Gasteiger partial charge is 0.140 e. The Morgan fingerprint density at radius 1 is 1.38 bits per heavy atom. The molecule has 0 spiro atoms. The van der Waals surface area contributed by atoms with E-state index in [4.69, 9.17) is 17.3 Å². The minimum atomic E-state index is -0.129. The summed E-state index contributed by atoms with van der Waals surface area (Å²) in [5.41, 5.74) is 6.97. The summed E-state index contributed by atoms with van der Waals surface area (Å²) < 4.78 is 0.841. The first kappa shape index (κ1) is 12.2. The lowest BCUT2D eigenvalue weighted by molar-refractivity contribution is 0.411. The van der Waals surface area contributed by atoms with Crippen LogP contribution in [-0.4, -0.2) is 5.11 Å². The molecular formula is C12H15BrClNO. The average molecular weight is 305 g/mol. The molecule has 2 rings (SSSR count). The van der Waals surface area contributed by atoms with Gasteiger partial charge in [-0.15, -0.1) is 0 Å². The maximum atomic E-state index is 9.97. The lowest BCUT2D eigenvalue weighted by Gasteiger charge is -2.21. The number of rotatable bonds is 2. The van der Waals surface area contributed by atoms with E-state index in [1.54, 1.807) is 6.07 Å². The van der Waals surface area contributed by atoms with E-state index in [1.807, 2.05) is 6.07 Å². The molecule has 0 heterocycles. The van der Waals surface area contributed by atoms with E-state index in [0.29, 0.717) is 10.9 Å². The van der Waals surface area contributed by atoms with E-state index >= 15 is 0 Å². The van der Waals surface area contributed by atoms with Gasteiger partial charge in [0.25, 0.3) is 0 Å². The Balaban J connectivity index is 2.34. The van der Waals surface area contributed by atoms with Crippen LogP contribution in [0.2, 0.25) is 5.02 Å². The van der Waals surface area contributed by atoms with Gasteiger partial charge in [-0.25, -0.2) is 0 Å². The fraction of sp³-hybridized carbons (Fsp3) is 0.500. The zero-order chi connectivity index (χ0) is 11.7. The number of aromatic hydroxyl groups is 1. The summed E-state index contributed by atoms with van der Waals surface area (Å²) in [5.74, 6) is 0.580. The van der Waals surface area contributed by atoms with Crippen molar-refractivity contribution >= 4 is 27.5 Å². The molecule has 3 N–H and O–H groups in total. The Morgan fingerprint density at radius 2 is 2.00 bits per heavy atom. The molecule has 1 aromatic carbocycles. The van der Waals surface area contributed by atoms with Crippen molar-refractivity contribution in [1.82, 2.24) is 0 Å². The summed E-state index contributed by atoms with van der Waals surface area (Å²) in [6, 6.07) is 3.38. The number of nitrogens with two attached hydrogens (primary N) is 1. The summed E-state index contributed by atoms with van der Waals surface area (Å²) in [6.07, 6.45) is 4.74. The monoisotopic (exact) mass is 303 g/mol. The molecule has 0 aromatic heterocycles. The number of halogens is 2. The second kappa shape index (κ2) is 4.94. The van der Waals surface area contributed by atoms with Crippen molar-refractivity contribution in [3.63, 3.8) is 0 Å². The zero-order valence-corrected chi connectivity index (χ0v) is 11.3. The summed E-state index contributed by atoms with van der Waals surface area (Å²) in [6.45, 7) is 0. The molecule has 16 heavy (non-hydrogen) atoms. The number of benzene rings is 1. The van der Waals surface area contributed by atoms with Crippen molar-refractivity contribution in [2.24, 2.45) is 11.7 Å². The fourth-order valence-corrected chi connectivity index (χ4v) is 3.18. The summed E-state index contributed by atoms with van der Waals surface area (Å²) in [7, 11) is 0. The molecule has 1 saturated carbocycles. The van der Waals surface area contributed by atoms with Crippen molar-refractivity contribution in [2.45, 2.75) is 31.7 Å². The van der Waals surface area contributed by atoms with Crippen molar-refractivity contribution < 1.29 is 5.11 Å². The van der Waals surface area contributed by atoms with Crippen molar-refractivity contribution in [3.05, 3.63) is 27.2 Å². The zero-order valence-electron chi connectivity index (χ0n) is 8.92. The molecule has 2 nitrogen and oxygen atoms in total. The van der Waals surface area contributed by atoms with Crippen molar-refractivity contribution in [1.29, 1.82) is 0 Å². The SMILES string of the molecule is N[C@H](c1c(Br)ccc(Cl)c1O)C1CCCC1. The quantitative estimate of drug-likeness (QED) is 0.867. The molecule has 4 heteroatoms. The minimum absolute atomic E-state index is 0.121. The van der Waals surface area contributed by atoms with Gasteiger partial charge < -0.3 is 10.8 Å². The first-order valence-electron chi connectivity index (χ1n) is 5.53. The van der Waals surface area contributed by atoms with Gasteiger partial charge in [0.1, 0.15) is 5.75 Å². The summed E-state index contributed by atoms with van der Waals surface area (Å²) >= 11 is 9.34. The Morgan fingerprint density at radius 3 is 2.62 bits per heavy atom. The highest BCUT2D eigenvalue weighted by Gasteiger charge is 2.27. The van der Waals surface area contributed by atoms with Gasteiger partial charge >= 0.3 is 0 Å². The van der Waals surface area contributed by atoms with Gasteiger partial charge in [0.2, 0.25) is 0 Å². The lowest BCUT2D eigenvalue weighted by Crippen LogP contribution is -2.19. The van der Waals surface area contributed by atoms with E-state index < -0.39 is 0 Å². The molecule has 1 fully saturated rings. The predicted molar refractivity (Wildman–Crippen MR) is 69.7 cm³/mol. The molecule has 1 aliphatic rings. The second-order valence-electron chi connectivity index (χ2n) is 4.36. The normalized spacial score (nSPS) is 18.9. The summed E-state index contributed by atoms with van der Waals surface area (Å²) in [5, 5.41) is 10.3. The van der Waals surface area contributed by atoms with E-state index in [2.05, 4.69) is 15.9 Å². The third-order valence-corrected chi connectivity index (χ3v) is 4.35. The first-order chi connectivity index (χ1) is 7.61. The number of hydrogen-bond donors (Lipinski definition) is 2. The maximum Gasteiger partial charge on any atom is 0.140 e. The second-order valence-corrected chi connectivity index (χ2v) is 5.62. The molecular weight excluding hydrogens is 289 g/mol. The van der Waals surface area contributed by atoms with Crippen LogP contribution >= 0.6 is 27.5 Å². The number of phenolic OH excluding ortho intramolecular Hbond substituents is 1. The molecule has 0 amide bonds. The molecule has 0 radical (unpaired) electrons. The molecule has 0 aliphatic heterocycles. The van der Waals surface area contributed by atoms with Gasteiger partial charge in [0.05, 0.1) is 5.02 Å². The van der Waals surface area contributed by atoms with Crippen molar-refractivity contribution in [2.75, 3.05) is 0 Å². The van der Waals surface area contributed by atoms with Gasteiger partial charge in [-0.05, 0) is 30.9 Å². The molecule has 0 saturated heterocycles. The topological polar surface area (TPSA) is 46.2 Å². The molecule has 88 valence electrons. The van der Waals surface area contributed by atoms with Crippen LogP contribution in [0.1, 0.15) is 37.3 Å². The standard InChI is InChI=1S/C12H15BrClNO/c13-8-5-6-9(14)12(16)10(8)11(15)7-3-1-2-4-7/h5-7,11,16H,1-4,15H2/t11-/m0/s1. The Kier molecular flexibility index (Phi) is 3.77. The number of phenols is 1. The molecule has 1 aromatic rings. The van der Waals surface area contributed by atoms with Crippen LogP contribution in [0.4, 0.5) is 0 Å².